The molecule has 0 spiro atoms. The number of hydrogen-bond acceptors (Lipinski definition) is 2. The second kappa shape index (κ2) is 6.70. The highest BCUT2D eigenvalue weighted by Gasteiger charge is 2.17. The maximum Gasteiger partial charge on any atom is 0.125 e. The van der Waals surface area contributed by atoms with Crippen molar-refractivity contribution in [1.82, 2.24) is 0 Å². The minimum atomic E-state index is -0.248. The van der Waals surface area contributed by atoms with E-state index in [0.717, 1.165) is 20.2 Å². The van der Waals surface area contributed by atoms with Crippen LogP contribution >= 0.6 is 31.9 Å². The summed E-state index contributed by atoms with van der Waals surface area (Å²) < 4.78 is 15.3. The van der Waals surface area contributed by atoms with Crippen molar-refractivity contribution >= 4 is 37.5 Å². The summed E-state index contributed by atoms with van der Waals surface area (Å²) in [6, 6.07) is 12.5. The maximum absolute atomic E-state index is 13.3. The summed E-state index contributed by atoms with van der Waals surface area (Å²) in [5, 5.41) is 0. The molecular formula is C15H15Br2FN2. The van der Waals surface area contributed by atoms with Gasteiger partial charge in [0.1, 0.15) is 5.82 Å². The molecule has 0 aliphatic heterocycles. The fraction of sp³-hybridized carbons (Fsp3) is 0.200. The highest BCUT2D eigenvalue weighted by Crippen LogP contribution is 2.30. The van der Waals surface area contributed by atoms with E-state index >= 15 is 0 Å². The molecule has 2 nitrogen and oxygen atoms in total. The minimum Gasteiger partial charge on any atom is -0.366 e. The first-order valence-corrected chi connectivity index (χ1v) is 7.75. The minimum absolute atomic E-state index is 0.0128. The van der Waals surface area contributed by atoms with Crippen molar-refractivity contribution in [3.05, 3.63) is 62.8 Å². The molecule has 2 aromatic rings. The fourth-order valence-corrected chi connectivity index (χ4v) is 2.76. The van der Waals surface area contributed by atoms with E-state index in [2.05, 4.69) is 31.9 Å². The van der Waals surface area contributed by atoms with Gasteiger partial charge in [0.05, 0.1) is 6.04 Å². The number of likely N-dealkylation sites (N-methyl/N-ethyl adjacent to an activating group) is 1. The highest BCUT2D eigenvalue weighted by atomic mass is 79.9. The predicted molar refractivity (Wildman–Crippen MR) is 88.4 cm³/mol. The van der Waals surface area contributed by atoms with Crippen LogP contribution in [0, 0.1) is 5.82 Å². The molecule has 0 radical (unpaired) electrons. The van der Waals surface area contributed by atoms with Crippen molar-refractivity contribution in [3.63, 3.8) is 0 Å². The van der Waals surface area contributed by atoms with Crippen LogP contribution in [-0.4, -0.2) is 13.6 Å². The van der Waals surface area contributed by atoms with Gasteiger partial charge in [-0.2, -0.15) is 0 Å². The first-order chi connectivity index (χ1) is 9.52. The van der Waals surface area contributed by atoms with E-state index in [1.807, 2.05) is 36.2 Å². The molecule has 2 rings (SSSR count). The number of nitrogens with two attached hydrogens (primary N) is 1. The third kappa shape index (κ3) is 3.40. The topological polar surface area (TPSA) is 29.3 Å². The third-order valence-corrected chi connectivity index (χ3v) is 5.11. The molecule has 0 saturated heterocycles. The van der Waals surface area contributed by atoms with Crippen molar-refractivity contribution in [3.8, 4) is 0 Å². The van der Waals surface area contributed by atoms with Gasteiger partial charge in [-0.1, -0.05) is 12.1 Å². The molecule has 0 fully saturated rings. The zero-order valence-electron chi connectivity index (χ0n) is 11.0. The van der Waals surface area contributed by atoms with E-state index in [1.54, 1.807) is 6.07 Å². The van der Waals surface area contributed by atoms with Crippen LogP contribution in [0.2, 0.25) is 0 Å². The van der Waals surface area contributed by atoms with Crippen molar-refractivity contribution in [1.29, 1.82) is 0 Å². The van der Waals surface area contributed by atoms with E-state index in [-0.39, 0.29) is 11.9 Å². The quantitative estimate of drug-likeness (QED) is 0.817. The monoisotopic (exact) mass is 400 g/mol. The van der Waals surface area contributed by atoms with Gasteiger partial charge in [-0.15, -0.1) is 0 Å². The summed E-state index contributed by atoms with van der Waals surface area (Å²) in [6.45, 7) is 0.446. The lowest BCUT2D eigenvalue weighted by Crippen LogP contribution is -2.30. The molecule has 0 aliphatic rings. The molecule has 1 atom stereocenters. The maximum atomic E-state index is 13.3. The van der Waals surface area contributed by atoms with Crippen molar-refractivity contribution in [2.24, 2.45) is 5.73 Å². The molecule has 0 aromatic heterocycles. The Morgan fingerprint density at radius 3 is 2.50 bits per heavy atom. The van der Waals surface area contributed by atoms with Crippen LogP contribution in [0.3, 0.4) is 0 Å². The Balaban J connectivity index is 2.33. The van der Waals surface area contributed by atoms with E-state index in [4.69, 9.17) is 5.73 Å². The number of hydrogen-bond donors (Lipinski definition) is 1. The standard InChI is InChI=1S/C15H15Br2FN2/c1-20(12-4-2-3-11(18)8-12)15(9-19)10-5-6-13(16)14(17)7-10/h2-8,15H,9,19H2,1H3. The van der Waals surface area contributed by atoms with E-state index < -0.39 is 0 Å². The van der Waals surface area contributed by atoms with Crippen molar-refractivity contribution in [2.45, 2.75) is 6.04 Å². The zero-order valence-corrected chi connectivity index (χ0v) is 14.2. The number of benzene rings is 2. The molecule has 0 aliphatic carbocycles. The van der Waals surface area contributed by atoms with Crippen LogP contribution in [0.5, 0.6) is 0 Å². The molecule has 0 saturated carbocycles. The van der Waals surface area contributed by atoms with Crippen LogP contribution < -0.4 is 10.6 Å². The Morgan fingerprint density at radius 1 is 1.15 bits per heavy atom. The molecule has 5 heteroatoms. The number of rotatable bonds is 4. The smallest absolute Gasteiger partial charge is 0.125 e. The first kappa shape index (κ1) is 15.5. The average molecular weight is 402 g/mol. The Kier molecular flexibility index (Phi) is 5.18. The van der Waals surface area contributed by atoms with Crippen LogP contribution in [0.4, 0.5) is 10.1 Å². The zero-order chi connectivity index (χ0) is 14.7. The van der Waals surface area contributed by atoms with Gasteiger partial charge in [0.25, 0.3) is 0 Å². The molecule has 106 valence electrons. The van der Waals surface area contributed by atoms with Crippen molar-refractivity contribution in [2.75, 3.05) is 18.5 Å². The molecule has 20 heavy (non-hydrogen) atoms. The molecule has 0 bridgehead atoms. The molecule has 1 unspecified atom stereocenters. The largest absolute Gasteiger partial charge is 0.366 e. The van der Waals surface area contributed by atoms with Gasteiger partial charge in [0.2, 0.25) is 0 Å². The van der Waals surface area contributed by atoms with E-state index in [1.165, 1.54) is 12.1 Å². The van der Waals surface area contributed by atoms with E-state index in [0.29, 0.717) is 6.54 Å². The Hall–Kier alpha value is -0.910. The van der Waals surface area contributed by atoms with Crippen LogP contribution in [-0.2, 0) is 0 Å². The van der Waals surface area contributed by atoms with Gasteiger partial charge in [-0.25, -0.2) is 4.39 Å². The normalized spacial score (nSPS) is 12.2. The van der Waals surface area contributed by atoms with Gasteiger partial charge in [0, 0.05) is 28.2 Å². The van der Waals surface area contributed by atoms with Gasteiger partial charge < -0.3 is 10.6 Å². The van der Waals surface area contributed by atoms with E-state index in [9.17, 15) is 4.39 Å². The third-order valence-electron chi connectivity index (χ3n) is 3.23. The number of halogens is 3. The van der Waals surface area contributed by atoms with Crippen LogP contribution in [0.1, 0.15) is 11.6 Å². The van der Waals surface area contributed by atoms with Crippen LogP contribution in [0.25, 0.3) is 0 Å². The van der Waals surface area contributed by atoms with Crippen LogP contribution in [0.15, 0.2) is 51.4 Å². The first-order valence-electron chi connectivity index (χ1n) is 6.16. The molecule has 0 amide bonds. The molecular weight excluding hydrogens is 387 g/mol. The fourth-order valence-electron chi connectivity index (χ4n) is 2.11. The summed E-state index contributed by atoms with van der Waals surface area (Å²) in [5.41, 5.74) is 7.79. The van der Waals surface area contributed by atoms with Gasteiger partial charge in [-0.05, 0) is 67.8 Å². The molecule has 2 N–H and O–H groups in total. The van der Waals surface area contributed by atoms with Gasteiger partial charge in [0.15, 0.2) is 0 Å². The average Bonchev–Trinajstić information content (AvgIpc) is 2.43. The lowest BCUT2D eigenvalue weighted by Gasteiger charge is -2.29. The number of anilines is 1. The highest BCUT2D eigenvalue weighted by molar-refractivity contribution is 9.13. The molecule has 2 aromatic carbocycles. The summed E-state index contributed by atoms with van der Waals surface area (Å²) in [7, 11) is 1.92. The lowest BCUT2D eigenvalue weighted by molar-refractivity contribution is 0.623. The second-order valence-electron chi connectivity index (χ2n) is 4.52. The Morgan fingerprint density at radius 2 is 1.90 bits per heavy atom. The lowest BCUT2D eigenvalue weighted by atomic mass is 10.1. The Labute approximate surface area is 135 Å². The SMILES string of the molecule is CN(c1cccc(F)c1)C(CN)c1ccc(Br)c(Br)c1. The summed E-state index contributed by atoms with van der Waals surface area (Å²) >= 11 is 6.94. The summed E-state index contributed by atoms with van der Waals surface area (Å²) in [4.78, 5) is 1.98. The summed E-state index contributed by atoms with van der Waals surface area (Å²) in [5.74, 6) is -0.248. The molecule has 0 heterocycles. The van der Waals surface area contributed by atoms with Gasteiger partial charge in [-0.3, -0.25) is 0 Å². The number of nitrogens with zero attached hydrogens (tertiary/aromatic N) is 1. The van der Waals surface area contributed by atoms with Crippen molar-refractivity contribution < 1.29 is 4.39 Å². The second-order valence-corrected chi connectivity index (χ2v) is 6.22. The Bertz CT molecular complexity index is 604. The predicted octanol–water partition coefficient (Wildman–Crippen LogP) is 4.49. The van der Waals surface area contributed by atoms with Gasteiger partial charge >= 0.3 is 0 Å². The summed E-state index contributed by atoms with van der Waals surface area (Å²) in [6.07, 6.45) is 0.